The van der Waals surface area contributed by atoms with Crippen molar-refractivity contribution >= 4 is 45.6 Å². The number of benzene rings is 1. The number of rotatable bonds is 5. The van der Waals surface area contributed by atoms with E-state index in [1.165, 1.54) is 12.3 Å². The summed E-state index contributed by atoms with van der Waals surface area (Å²) in [6.45, 7) is 1.72. The molecule has 0 bridgehead atoms. The molecular weight excluding hydrogens is 467 g/mol. The Hall–Kier alpha value is -4.18. The van der Waals surface area contributed by atoms with Crippen molar-refractivity contribution in [2.24, 2.45) is 0 Å². The number of anilines is 1. The van der Waals surface area contributed by atoms with Crippen molar-refractivity contribution in [1.29, 1.82) is 0 Å². The monoisotopic (exact) mass is 488 g/mol. The number of nitrogens with two attached hydrogens (primary N) is 1. The van der Waals surface area contributed by atoms with Crippen molar-refractivity contribution in [3.8, 4) is 11.1 Å². The average molecular weight is 489 g/mol. The van der Waals surface area contributed by atoms with Gasteiger partial charge in [-0.3, -0.25) is 14.3 Å². The number of amides is 1. The number of para-hydroxylation sites is 1. The molecule has 4 heterocycles. The van der Waals surface area contributed by atoms with Crippen molar-refractivity contribution in [3.05, 3.63) is 87.9 Å². The number of carbonyl (C=O) groups excluding carboxylic acids is 1. The Kier molecular flexibility index (Phi) is 5.73. The van der Waals surface area contributed by atoms with Gasteiger partial charge in [0.2, 0.25) is 0 Å². The van der Waals surface area contributed by atoms with E-state index in [9.17, 15) is 14.0 Å². The quantitative estimate of drug-likeness (QED) is 0.322. The van der Waals surface area contributed by atoms with Crippen LogP contribution in [0.25, 0.3) is 33.1 Å². The summed E-state index contributed by atoms with van der Waals surface area (Å²) in [5.41, 5.74) is 8.89. The van der Waals surface area contributed by atoms with Gasteiger partial charge >= 0.3 is 0 Å². The van der Waals surface area contributed by atoms with Crippen LogP contribution in [0.3, 0.4) is 0 Å². The molecule has 0 unspecified atom stereocenters. The lowest BCUT2D eigenvalue weighted by Crippen LogP contribution is -2.22. The number of hydrogen-bond donors (Lipinski definition) is 3. The first-order valence-corrected chi connectivity index (χ1v) is 12.0. The number of carbonyl (C=O) groups is 1. The summed E-state index contributed by atoms with van der Waals surface area (Å²) in [6.07, 6.45) is 3.23. The molecule has 5 rings (SSSR count). The maximum absolute atomic E-state index is 14.8. The van der Waals surface area contributed by atoms with Gasteiger partial charge < -0.3 is 15.3 Å². The van der Waals surface area contributed by atoms with Gasteiger partial charge in [0.15, 0.2) is 0 Å². The summed E-state index contributed by atoms with van der Waals surface area (Å²) < 4.78 is 19.2. The molecule has 0 aliphatic heterocycles. The van der Waals surface area contributed by atoms with E-state index in [0.29, 0.717) is 27.9 Å². The molecule has 0 aliphatic carbocycles. The van der Waals surface area contributed by atoms with Crippen molar-refractivity contribution in [3.63, 3.8) is 0 Å². The number of halogens is 1. The molecule has 0 radical (unpaired) electrons. The molecule has 10 heteroatoms. The molecule has 0 spiro atoms. The smallest absolute Gasteiger partial charge is 0.278 e. The third-order valence-corrected chi connectivity index (χ3v) is 6.20. The van der Waals surface area contributed by atoms with Gasteiger partial charge in [-0.25, -0.2) is 14.4 Å². The van der Waals surface area contributed by atoms with Gasteiger partial charge in [-0.15, -0.1) is 0 Å². The SMILES string of the molecule is CSNC(=O)c1c(-c2ccc[nH]c2=O)c2nc(C)c(F)cc2n1Cc1cc(N)nc2ccccc12. The first-order chi connectivity index (χ1) is 16.9. The van der Waals surface area contributed by atoms with E-state index >= 15 is 0 Å². The van der Waals surface area contributed by atoms with Crippen LogP contribution in [0, 0.1) is 12.7 Å². The lowest BCUT2D eigenvalue weighted by molar-refractivity contribution is 0.0977. The van der Waals surface area contributed by atoms with Crippen LogP contribution in [0.15, 0.2) is 59.5 Å². The van der Waals surface area contributed by atoms with Crippen LogP contribution < -0.4 is 16.0 Å². The molecule has 4 N–H and O–H groups in total. The number of pyridine rings is 3. The van der Waals surface area contributed by atoms with Gasteiger partial charge in [0.1, 0.15) is 17.3 Å². The van der Waals surface area contributed by atoms with E-state index in [4.69, 9.17) is 5.73 Å². The Bertz CT molecular complexity index is 1680. The Labute approximate surface area is 203 Å². The molecule has 8 nitrogen and oxygen atoms in total. The molecule has 0 aliphatic rings. The lowest BCUT2D eigenvalue weighted by Gasteiger charge is -2.14. The number of nitrogens with one attached hydrogen (secondary N) is 2. The number of fused-ring (bicyclic) bond motifs is 2. The zero-order valence-corrected chi connectivity index (χ0v) is 19.7. The maximum atomic E-state index is 14.8. The first-order valence-electron chi connectivity index (χ1n) is 10.7. The highest BCUT2D eigenvalue weighted by atomic mass is 32.2. The minimum Gasteiger partial charge on any atom is -0.384 e. The normalized spacial score (nSPS) is 11.3. The first kappa shape index (κ1) is 22.6. The summed E-state index contributed by atoms with van der Waals surface area (Å²) in [5, 5.41) is 0.847. The highest BCUT2D eigenvalue weighted by Crippen LogP contribution is 2.35. The van der Waals surface area contributed by atoms with Crippen LogP contribution in [-0.4, -0.2) is 31.7 Å². The summed E-state index contributed by atoms with van der Waals surface area (Å²) >= 11 is 1.13. The minimum absolute atomic E-state index is 0.165. The summed E-state index contributed by atoms with van der Waals surface area (Å²) in [7, 11) is 0. The molecule has 0 saturated heterocycles. The third-order valence-electron chi connectivity index (χ3n) is 5.81. The predicted octanol–water partition coefficient (Wildman–Crippen LogP) is 4.03. The van der Waals surface area contributed by atoms with Crippen molar-refractivity contribution < 1.29 is 9.18 Å². The number of aryl methyl sites for hydroxylation is 1. The molecule has 1 aromatic carbocycles. The third kappa shape index (κ3) is 3.91. The zero-order valence-electron chi connectivity index (χ0n) is 18.9. The lowest BCUT2D eigenvalue weighted by atomic mass is 10.1. The molecular formula is C25H21FN6O2S. The van der Waals surface area contributed by atoms with Gasteiger partial charge in [-0.05, 0) is 36.8 Å². The van der Waals surface area contributed by atoms with E-state index in [2.05, 4.69) is 19.7 Å². The molecule has 0 atom stereocenters. The second kappa shape index (κ2) is 8.88. The van der Waals surface area contributed by atoms with Crippen LogP contribution in [0.5, 0.6) is 0 Å². The van der Waals surface area contributed by atoms with E-state index in [1.807, 2.05) is 24.3 Å². The van der Waals surface area contributed by atoms with Crippen LogP contribution in [0.1, 0.15) is 21.7 Å². The molecule has 5 aromatic rings. The van der Waals surface area contributed by atoms with E-state index < -0.39 is 11.7 Å². The molecule has 0 fully saturated rings. The molecule has 1 amide bonds. The van der Waals surface area contributed by atoms with Crippen molar-refractivity contribution in [1.82, 2.24) is 24.2 Å². The minimum atomic E-state index is -0.513. The van der Waals surface area contributed by atoms with Crippen molar-refractivity contribution in [2.45, 2.75) is 13.5 Å². The predicted molar refractivity (Wildman–Crippen MR) is 137 cm³/mol. The number of nitrogen functional groups attached to an aromatic ring is 1. The van der Waals surface area contributed by atoms with Crippen LogP contribution in [-0.2, 0) is 6.54 Å². The van der Waals surface area contributed by atoms with E-state index in [-0.39, 0.29) is 29.1 Å². The number of aromatic amines is 1. The van der Waals surface area contributed by atoms with Gasteiger partial charge in [0.25, 0.3) is 11.5 Å². The van der Waals surface area contributed by atoms with Crippen LogP contribution >= 0.6 is 11.9 Å². The highest BCUT2D eigenvalue weighted by molar-refractivity contribution is 7.97. The number of hydrogen-bond acceptors (Lipinski definition) is 6. The van der Waals surface area contributed by atoms with Gasteiger partial charge in [0, 0.05) is 36.0 Å². The van der Waals surface area contributed by atoms with Gasteiger partial charge in [-0.2, -0.15) is 0 Å². The zero-order chi connectivity index (χ0) is 24.7. The molecule has 0 saturated carbocycles. The van der Waals surface area contributed by atoms with E-state index in [0.717, 1.165) is 22.9 Å². The number of aromatic nitrogens is 4. The fourth-order valence-corrected chi connectivity index (χ4v) is 4.60. The Morgan fingerprint density at radius 2 is 2.00 bits per heavy atom. The Balaban J connectivity index is 1.88. The maximum Gasteiger partial charge on any atom is 0.278 e. The number of H-pyrrole nitrogens is 1. The molecule has 4 aromatic heterocycles. The van der Waals surface area contributed by atoms with E-state index in [1.54, 1.807) is 35.9 Å². The van der Waals surface area contributed by atoms with Gasteiger partial charge in [0.05, 0.1) is 27.8 Å². The molecule has 176 valence electrons. The summed E-state index contributed by atoms with van der Waals surface area (Å²) in [4.78, 5) is 37.7. The summed E-state index contributed by atoms with van der Waals surface area (Å²) in [5.74, 6) is -0.621. The average Bonchev–Trinajstić information content (AvgIpc) is 3.12. The Morgan fingerprint density at radius 3 is 2.77 bits per heavy atom. The second-order valence-corrected chi connectivity index (χ2v) is 8.62. The van der Waals surface area contributed by atoms with Gasteiger partial charge in [-0.1, -0.05) is 30.1 Å². The number of nitrogens with zero attached hydrogens (tertiary/aromatic N) is 3. The standard InChI is InChI=1S/C25H21FN6O2S/c1-13-17(26)11-19-22(29-13)21(16-7-5-9-28-24(16)33)23(25(34)31-35-2)32(19)12-14-10-20(27)30-18-8-4-3-6-15(14)18/h3-11H,12H2,1-2H3,(H2,27,30)(H,28,33)(H,31,34). The fraction of sp³-hybridized carbons (Fsp3) is 0.120. The highest BCUT2D eigenvalue weighted by Gasteiger charge is 2.27. The Morgan fingerprint density at radius 1 is 1.20 bits per heavy atom. The largest absolute Gasteiger partial charge is 0.384 e. The fourth-order valence-electron chi connectivity index (χ4n) is 4.31. The topological polar surface area (TPSA) is 119 Å². The van der Waals surface area contributed by atoms with Crippen LogP contribution in [0.2, 0.25) is 0 Å². The summed E-state index contributed by atoms with van der Waals surface area (Å²) in [6, 6.07) is 13.9. The second-order valence-electron chi connectivity index (χ2n) is 8.00. The van der Waals surface area contributed by atoms with Crippen molar-refractivity contribution in [2.75, 3.05) is 12.0 Å². The van der Waals surface area contributed by atoms with Crippen LogP contribution in [0.4, 0.5) is 10.2 Å². The molecule has 35 heavy (non-hydrogen) atoms.